The summed E-state index contributed by atoms with van der Waals surface area (Å²) in [5, 5.41) is 0.483. The molecule has 4 rings (SSSR count). The van der Waals surface area contributed by atoms with Crippen LogP contribution in [0.4, 0.5) is 0 Å². The zero-order chi connectivity index (χ0) is 20.3. The number of rotatable bonds is 5. The van der Waals surface area contributed by atoms with Crippen molar-refractivity contribution in [3.63, 3.8) is 0 Å². The van der Waals surface area contributed by atoms with Crippen molar-refractivity contribution in [2.45, 2.75) is 11.0 Å². The first-order chi connectivity index (χ1) is 14.0. The van der Waals surface area contributed by atoms with Gasteiger partial charge in [-0.25, -0.2) is 8.42 Å². The molecule has 1 aliphatic heterocycles. The first-order valence-electron chi connectivity index (χ1n) is 9.10. The maximum absolute atomic E-state index is 12.7. The third-order valence-electron chi connectivity index (χ3n) is 4.65. The monoisotopic (exact) mass is 426 g/mol. The van der Waals surface area contributed by atoms with Crippen molar-refractivity contribution in [1.29, 1.82) is 0 Å². The number of halogens is 1. The predicted octanol–water partition coefficient (Wildman–Crippen LogP) is 5.31. The van der Waals surface area contributed by atoms with Crippen molar-refractivity contribution in [3.05, 3.63) is 101 Å². The van der Waals surface area contributed by atoms with E-state index in [0.717, 1.165) is 16.7 Å². The highest BCUT2D eigenvalue weighted by atomic mass is 35.5. The molecule has 0 radical (unpaired) electrons. The Morgan fingerprint density at radius 1 is 0.966 bits per heavy atom. The predicted molar refractivity (Wildman–Crippen MR) is 114 cm³/mol. The molecule has 29 heavy (non-hydrogen) atoms. The van der Waals surface area contributed by atoms with Crippen LogP contribution in [0.25, 0.3) is 6.08 Å². The Bertz CT molecular complexity index is 1120. The molecule has 0 N–H and O–H groups in total. The van der Waals surface area contributed by atoms with Crippen LogP contribution in [0, 0.1) is 0 Å². The summed E-state index contributed by atoms with van der Waals surface area (Å²) < 4.78 is 37.3. The van der Waals surface area contributed by atoms with Gasteiger partial charge in [0.2, 0.25) is 9.84 Å². The quantitative estimate of drug-likeness (QED) is 0.555. The lowest BCUT2D eigenvalue weighted by Crippen LogP contribution is -2.22. The van der Waals surface area contributed by atoms with E-state index in [1.54, 1.807) is 12.1 Å². The molecule has 0 bridgehead atoms. The van der Waals surface area contributed by atoms with Gasteiger partial charge in [0.05, 0.1) is 4.90 Å². The highest BCUT2D eigenvalue weighted by molar-refractivity contribution is 7.91. The van der Waals surface area contributed by atoms with Crippen molar-refractivity contribution in [3.8, 4) is 5.75 Å². The minimum absolute atomic E-state index is 0.177. The average molecular weight is 427 g/mol. The van der Waals surface area contributed by atoms with Crippen LogP contribution in [0.2, 0.25) is 5.02 Å². The Morgan fingerprint density at radius 3 is 2.41 bits per heavy atom. The molecule has 0 spiro atoms. The van der Waals surface area contributed by atoms with Gasteiger partial charge in [-0.1, -0.05) is 60.1 Å². The van der Waals surface area contributed by atoms with E-state index in [4.69, 9.17) is 21.1 Å². The lowest BCUT2D eigenvalue weighted by molar-refractivity contribution is 0.0928. The summed E-state index contributed by atoms with van der Waals surface area (Å²) in [6.07, 6.45) is 1.47. The van der Waals surface area contributed by atoms with Crippen molar-refractivity contribution in [1.82, 2.24) is 0 Å². The average Bonchev–Trinajstić information content (AvgIpc) is 2.74. The largest absolute Gasteiger partial charge is 0.489 e. The Hall–Kier alpha value is -2.60. The summed E-state index contributed by atoms with van der Waals surface area (Å²) in [4.78, 5) is 0.177. The fourth-order valence-electron chi connectivity index (χ4n) is 3.21. The van der Waals surface area contributed by atoms with Gasteiger partial charge in [0.1, 0.15) is 18.5 Å². The zero-order valence-electron chi connectivity index (χ0n) is 15.5. The maximum atomic E-state index is 12.7. The molecule has 148 valence electrons. The van der Waals surface area contributed by atoms with E-state index in [0.29, 0.717) is 17.4 Å². The summed E-state index contributed by atoms with van der Waals surface area (Å²) in [6.45, 7) is 0.331. The van der Waals surface area contributed by atoms with E-state index in [-0.39, 0.29) is 4.90 Å². The number of sulfone groups is 1. The van der Waals surface area contributed by atoms with E-state index in [1.807, 2.05) is 60.7 Å². The number of benzene rings is 3. The van der Waals surface area contributed by atoms with Crippen molar-refractivity contribution < 1.29 is 17.9 Å². The van der Waals surface area contributed by atoms with Gasteiger partial charge in [-0.2, -0.15) is 0 Å². The van der Waals surface area contributed by atoms with Gasteiger partial charge >= 0.3 is 0 Å². The van der Waals surface area contributed by atoms with Gasteiger partial charge in [-0.3, -0.25) is 0 Å². The van der Waals surface area contributed by atoms with Crippen LogP contribution in [-0.4, -0.2) is 21.0 Å². The molecule has 3 aromatic rings. The lowest BCUT2D eigenvalue weighted by atomic mass is 9.96. The number of hydrogen-bond donors (Lipinski definition) is 0. The Balaban J connectivity index is 1.64. The molecule has 0 saturated heterocycles. The van der Waals surface area contributed by atoms with Crippen molar-refractivity contribution in [2.24, 2.45) is 0 Å². The summed E-state index contributed by atoms with van der Waals surface area (Å²) in [5.74, 6) is 0.256. The maximum Gasteiger partial charge on any atom is 0.202 e. The standard InChI is InChI=1S/C23H19ClO4S/c24-19-10-12-20(13-11-19)29(25,26)16-28-23-18(14-17-6-2-1-3-7-17)15-27-22-9-5-4-8-21(22)23/h1-14,23H,15-16H2. The number of para-hydroxylation sites is 1. The second-order valence-electron chi connectivity index (χ2n) is 6.69. The third kappa shape index (κ3) is 4.53. The molecule has 0 fully saturated rings. The van der Waals surface area contributed by atoms with Gasteiger partial charge in [0, 0.05) is 16.2 Å². The molecule has 0 saturated carbocycles. The molecular weight excluding hydrogens is 408 g/mol. The summed E-state index contributed by atoms with van der Waals surface area (Å²) >= 11 is 5.87. The van der Waals surface area contributed by atoms with E-state index >= 15 is 0 Å². The number of fused-ring (bicyclic) bond motifs is 1. The second-order valence-corrected chi connectivity index (χ2v) is 9.06. The van der Waals surface area contributed by atoms with Crippen LogP contribution in [0.3, 0.4) is 0 Å². The first-order valence-corrected chi connectivity index (χ1v) is 11.1. The smallest absolute Gasteiger partial charge is 0.202 e. The number of ether oxygens (including phenoxy) is 2. The van der Waals surface area contributed by atoms with Crippen LogP contribution in [0.5, 0.6) is 5.75 Å². The third-order valence-corrected chi connectivity index (χ3v) is 6.34. The van der Waals surface area contributed by atoms with Crippen LogP contribution in [-0.2, 0) is 14.6 Å². The molecule has 1 unspecified atom stereocenters. The molecule has 0 amide bonds. The van der Waals surface area contributed by atoms with Gasteiger partial charge in [0.15, 0.2) is 5.94 Å². The van der Waals surface area contributed by atoms with E-state index in [2.05, 4.69) is 0 Å². The minimum atomic E-state index is -3.62. The molecule has 1 heterocycles. The fraction of sp³-hybridized carbons (Fsp3) is 0.130. The minimum Gasteiger partial charge on any atom is -0.489 e. The van der Waals surface area contributed by atoms with E-state index in [9.17, 15) is 8.42 Å². The Morgan fingerprint density at radius 2 is 1.66 bits per heavy atom. The topological polar surface area (TPSA) is 52.6 Å². The summed E-state index contributed by atoms with van der Waals surface area (Å²) in [7, 11) is -3.62. The van der Waals surface area contributed by atoms with Crippen LogP contribution < -0.4 is 4.74 Å². The first kappa shape index (κ1) is 19.7. The molecule has 1 aliphatic rings. The van der Waals surface area contributed by atoms with Gasteiger partial charge in [-0.15, -0.1) is 0 Å². The fourth-order valence-corrected chi connectivity index (χ4v) is 4.34. The molecule has 0 aliphatic carbocycles. The molecular formula is C23H19ClO4S. The SMILES string of the molecule is O=S(=O)(COC1C(=Cc2ccccc2)COc2ccccc21)c1ccc(Cl)cc1. The number of hydrogen-bond acceptors (Lipinski definition) is 4. The van der Waals surface area contributed by atoms with Crippen LogP contribution >= 0.6 is 11.6 Å². The highest BCUT2D eigenvalue weighted by Crippen LogP contribution is 2.38. The van der Waals surface area contributed by atoms with Gasteiger partial charge in [-0.05, 0) is 42.0 Å². The molecule has 6 heteroatoms. The Kier molecular flexibility index (Phi) is 5.72. The van der Waals surface area contributed by atoms with Gasteiger partial charge in [0.25, 0.3) is 0 Å². The molecule has 1 atom stereocenters. The van der Waals surface area contributed by atoms with Crippen molar-refractivity contribution in [2.75, 3.05) is 12.5 Å². The summed E-state index contributed by atoms with van der Waals surface area (Å²) in [5.41, 5.74) is 2.67. The van der Waals surface area contributed by atoms with Crippen molar-refractivity contribution >= 4 is 27.5 Å². The second kappa shape index (κ2) is 8.41. The normalized spacial score (nSPS) is 17.6. The van der Waals surface area contributed by atoms with Crippen LogP contribution in [0.15, 0.2) is 89.3 Å². The van der Waals surface area contributed by atoms with E-state index in [1.165, 1.54) is 12.1 Å². The molecule has 0 aromatic heterocycles. The molecule has 3 aromatic carbocycles. The van der Waals surface area contributed by atoms with Gasteiger partial charge < -0.3 is 9.47 Å². The van der Waals surface area contributed by atoms with E-state index < -0.39 is 21.9 Å². The molecule has 4 nitrogen and oxygen atoms in total. The summed E-state index contributed by atoms with van der Waals surface area (Å²) in [6, 6.07) is 23.4. The zero-order valence-corrected chi connectivity index (χ0v) is 17.1. The lowest BCUT2D eigenvalue weighted by Gasteiger charge is -2.28. The highest BCUT2D eigenvalue weighted by Gasteiger charge is 2.28. The van der Waals surface area contributed by atoms with Crippen LogP contribution in [0.1, 0.15) is 17.2 Å². The Labute approximate surface area is 175 Å².